The van der Waals surface area contributed by atoms with E-state index in [-0.39, 0.29) is 11.2 Å². The monoisotopic (exact) mass is 330 g/mol. The first-order chi connectivity index (χ1) is 11.9. The summed E-state index contributed by atoms with van der Waals surface area (Å²) in [5.74, 6) is 0.158. The van der Waals surface area contributed by atoms with Gasteiger partial charge in [-0.15, -0.1) is 0 Å². The summed E-state index contributed by atoms with van der Waals surface area (Å²) in [6.07, 6.45) is 1.33. The predicted molar refractivity (Wildman–Crippen MR) is 94.7 cm³/mol. The van der Waals surface area contributed by atoms with Crippen molar-refractivity contribution in [2.24, 2.45) is 5.41 Å². The van der Waals surface area contributed by atoms with Crippen molar-refractivity contribution in [3.8, 4) is 11.8 Å². The zero-order chi connectivity index (χ0) is 17.8. The van der Waals surface area contributed by atoms with Crippen molar-refractivity contribution in [1.29, 1.82) is 5.26 Å². The number of nitriles is 1. The minimum Gasteiger partial charge on any atom is -0.294 e. The molecule has 0 radical (unpaired) electrons. The molecule has 124 valence electrons. The van der Waals surface area contributed by atoms with Crippen molar-refractivity contribution in [2.75, 3.05) is 0 Å². The molecule has 0 atom stereocenters. The summed E-state index contributed by atoms with van der Waals surface area (Å²) in [7, 11) is 0. The Bertz CT molecular complexity index is 1050. The Morgan fingerprint density at radius 1 is 1.20 bits per heavy atom. The van der Waals surface area contributed by atoms with Crippen LogP contribution in [0.1, 0.15) is 47.6 Å². The van der Waals surface area contributed by atoms with Crippen LogP contribution in [0.15, 0.2) is 30.3 Å². The molecule has 0 fully saturated rings. The van der Waals surface area contributed by atoms with E-state index in [1.165, 1.54) is 0 Å². The number of carbonyl (C=O) groups excluding carboxylic acids is 1. The lowest BCUT2D eigenvalue weighted by Gasteiger charge is -2.29. The number of ketones is 1. The molecule has 2 heterocycles. The van der Waals surface area contributed by atoms with Gasteiger partial charge < -0.3 is 0 Å². The Balaban J connectivity index is 1.93. The van der Waals surface area contributed by atoms with Crippen LogP contribution in [0.25, 0.3) is 16.7 Å². The molecular formula is C20H18N4O. The van der Waals surface area contributed by atoms with E-state index in [2.05, 4.69) is 25.0 Å². The third kappa shape index (κ3) is 2.51. The Kier molecular flexibility index (Phi) is 3.26. The van der Waals surface area contributed by atoms with Gasteiger partial charge in [-0.05, 0) is 49.1 Å². The van der Waals surface area contributed by atoms with Gasteiger partial charge in [0.15, 0.2) is 11.4 Å². The van der Waals surface area contributed by atoms with Gasteiger partial charge >= 0.3 is 0 Å². The van der Waals surface area contributed by atoms with Gasteiger partial charge in [-0.1, -0.05) is 13.8 Å². The average Bonchev–Trinajstić information content (AvgIpc) is 2.89. The molecule has 1 aromatic carbocycles. The van der Waals surface area contributed by atoms with E-state index in [1.807, 2.05) is 25.1 Å². The number of fused-ring (bicyclic) bond motifs is 2. The quantitative estimate of drug-likeness (QED) is 0.681. The van der Waals surface area contributed by atoms with E-state index in [9.17, 15) is 4.79 Å². The van der Waals surface area contributed by atoms with Crippen molar-refractivity contribution < 1.29 is 4.79 Å². The lowest BCUT2D eigenvalue weighted by molar-refractivity contribution is 0.0910. The number of nitrogens with zero attached hydrogens (tertiary/aromatic N) is 4. The second-order valence-corrected chi connectivity index (χ2v) is 7.45. The number of carbonyl (C=O) groups is 1. The summed E-state index contributed by atoms with van der Waals surface area (Å²) in [5, 5.41) is 14.5. The minimum atomic E-state index is -0.0703. The summed E-state index contributed by atoms with van der Waals surface area (Å²) in [6, 6.07) is 11.3. The number of benzene rings is 1. The molecule has 0 unspecified atom stereocenters. The summed E-state index contributed by atoms with van der Waals surface area (Å²) >= 11 is 0. The number of aromatic nitrogens is 3. The lowest BCUT2D eigenvalue weighted by atomic mass is 9.75. The van der Waals surface area contributed by atoms with Crippen LogP contribution < -0.4 is 0 Å². The number of hydrogen-bond acceptors (Lipinski definition) is 4. The van der Waals surface area contributed by atoms with Crippen LogP contribution in [0.2, 0.25) is 0 Å². The highest BCUT2D eigenvalue weighted by atomic mass is 16.1. The second-order valence-electron chi connectivity index (χ2n) is 7.45. The molecule has 0 spiro atoms. The highest BCUT2D eigenvalue weighted by Crippen LogP contribution is 2.35. The molecule has 5 heteroatoms. The van der Waals surface area contributed by atoms with Gasteiger partial charge in [-0.2, -0.15) is 10.4 Å². The van der Waals surface area contributed by atoms with E-state index in [1.54, 1.807) is 16.8 Å². The third-order valence-electron chi connectivity index (χ3n) is 4.75. The third-order valence-corrected chi connectivity index (χ3v) is 4.75. The van der Waals surface area contributed by atoms with Gasteiger partial charge in [0.2, 0.25) is 0 Å². The lowest BCUT2D eigenvalue weighted by Crippen LogP contribution is -2.27. The predicted octanol–water partition coefficient (Wildman–Crippen LogP) is 3.76. The van der Waals surface area contributed by atoms with E-state index >= 15 is 0 Å². The molecule has 25 heavy (non-hydrogen) atoms. The van der Waals surface area contributed by atoms with E-state index in [0.29, 0.717) is 12.0 Å². The van der Waals surface area contributed by atoms with Crippen molar-refractivity contribution in [3.63, 3.8) is 0 Å². The van der Waals surface area contributed by atoms with Gasteiger partial charge in [-0.3, -0.25) is 4.79 Å². The summed E-state index contributed by atoms with van der Waals surface area (Å²) < 4.78 is 1.79. The largest absolute Gasteiger partial charge is 0.294 e. The number of aryl methyl sites for hydroxylation is 1. The summed E-state index contributed by atoms with van der Waals surface area (Å²) in [6.45, 7) is 6.12. The maximum absolute atomic E-state index is 12.5. The van der Waals surface area contributed by atoms with Crippen molar-refractivity contribution in [2.45, 2.75) is 33.6 Å². The minimum absolute atomic E-state index is 0.0703. The number of hydrogen-bond donors (Lipinski definition) is 0. The van der Waals surface area contributed by atoms with Gasteiger partial charge in [-0.25, -0.2) is 9.67 Å². The summed E-state index contributed by atoms with van der Waals surface area (Å²) in [5.41, 5.74) is 4.57. The van der Waals surface area contributed by atoms with Gasteiger partial charge in [0, 0.05) is 17.4 Å². The average molecular weight is 330 g/mol. The van der Waals surface area contributed by atoms with Gasteiger partial charge in [0.1, 0.15) is 0 Å². The van der Waals surface area contributed by atoms with Crippen molar-refractivity contribution in [1.82, 2.24) is 14.8 Å². The molecule has 0 bridgehead atoms. The second kappa shape index (κ2) is 5.25. The normalized spacial score (nSPS) is 15.8. The number of Topliss-reactive ketones (excluding diaryl/α,β-unsaturated/α-hetero) is 1. The standard InChI is InChI=1S/C20H18N4O/c1-12-15-8-16-17(9-20(2,3)10-18(16)25)22-19(15)24(23-12)14-6-4-13(11-21)5-7-14/h4-8H,9-10H2,1-3H3. The molecule has 1 aliphatic rings. The molecule has 0 aliphatic heterocycles. The fraction of sp³-hybridized carbons (Fsp3) is 0.300. The molecule has 3 aromatic rings. The maximum atomic E-state index is 12.5. The zero-order valence-electron chi connectivity index (χ0n) is 14.5. The molecule has 4 rings (SSSR count). The topological polar surface area (TPSA) is 71.6 Å². The molecule has 2 aromatic heterocycles. The maximum Gasteiger partial charge on any atom is 0.165 e. The Morgan fingerprint density at radius 2 is 1.92 bits per heavy atom. The number of pyridine rings is 1. The molecular weight excluding hydrogens is 312 g/mol. The van der Waals surface area contributed by atoms with E-state index in [4.69, 9.17) is 10.2 Å². The van der Waals surface area contributed by atoms with E-state index in [0.717, 1.165) is 40.1 Å². The first-order valence-corrected chi connectivity index (χ1v) is 8.31. The van der Waals surface area contributed by atoms with Gasteiger partial charge in [0.25, 0.3) is 0 Å². The van der Waals surface area contributed by atoms with Crippen molar-refractivity contribution >= 4 is 16.8 Å². The molecule has 0 saturated heterocycles. The van der Waals surface area contributed by atoms with Crippen LogP contribution in [0.3, 0.4) is 0 Å². The first kappa shape index (κ1) is 15.5. The van der Waals surface area contributed by atoms with Crippen LogP contribution in [0.5, 0.6) is 0 Å². The van der Waals surface area contributed by atoms with Crippen LogP contribution >= 0.6 is 0 Å². The molecule has 1 aliphatic carbocycles. The van der Waals surface area contributed by atoms with Crippen molar-refractivity contribution in [3.05, 3.63) is 52.8 Å². The number of rotatable bonds is 1. The SMILES string of the molecule is Cc1nn(-c2ccc(C#N)cc2)c2nc3c(cc12)C(=O)CC(C)(C)C3. The molecule has 0 saturated carbocycles. The Labute approximate surface area is 145 Å². The summed E-state index contributed by atoms with van der Waals surface area (Å²) in [4.78, 5) is 17.3. The van der Waals surface area contributed by atoms with Crippen LogP contribution in [0, 0.1) is 23.7 Å². The molecule has 0 N–H and O–H groups in total. The van der Waals surface area contributed by atoms with E-state index < -0.39 is 0 Å². The fourth-order valence-electron chi connectivity index (χ4n) is 3.50. The highest BCUT2D eigenvalue weighted by molar-refractivity contribution is 6.01. The Hall–Kier alpha value is -3.00. The highest BCUT2D eigenvalue weighted by Gasteiger charge is 2.32. The zero-order valence-corrected chi connectivity index (χ0v) is 14.5. The smallest absolute Gasteiger partial charge is 0.165 e. The first-order valence-electron chi connectivity index (χ1n) is 8.31. The Morgan fingerprint density at radius 3 is 2.60 bits per heavy atom. The van der Waals surface area contributed by atoms with Crippen LogP contribution in [-0.4, -0.2) is 20.5 Å². The van der Waals surface area contributed by atoms with Crippen LogP contribution in [0.4, 0.5) is 0 Å². The molecule has 5 nitrogen and oxygen atoms in total. The van der Waals surface area contributed by atoms with Gasteiger partial charge in [0.05, 0.1) is 28.7 Å². The molecule has 0 amide bonds. The van der Waals surface area contributed by atoms with Crippen LogP contribution in [-0.2, 0) is 6.42 Å². The fourth-order valence-corrected chi connectivity index (χ4v) is 3.50.